The number of halogens is 2. The van der Waals surface area contributed by atoms with Crippen molar-refractivity contribution in [3.63, 3.8) is 0 Å². The molecule has 10 heteroatoms. The van der Waals surface area contributed by atoms with Crippen molar-refractivity contribution in [1.29, 1.82) is 0 Å². The standard InChI is InChI=1S/C27H35F2N3O5/c28-21-5-7-23(8-6-21)37-20-22(33)17-31-13-16-36-24(18-31)19-32(10-9-30-11-14-35-15-12-30)27(34)25-3-1-2-4-26(25)29/h1-8,22,24,33H,9-20H2. The summed E-state index contributed by atoms with van der Waals surface area (Å²) in [5.74, 6) is -0.762. The van der Waals surface area contributed by atoms with Crippen molar-refractivity contribution >= 4 is 5.91 Å². The molecule has 2 heterocycles. The molecule has 2 fully saturated rings. The van der Waals surface area contributed by atoms with E-state index in [0.29, 0.717) is 64.8 Å². The minimum Gasteiger partial charge on any atom is -0.491 e. The lowest BCUT2D eigenvalue weighted by Crippen LogP contribution is -2.52. The van der Waals surface area contributed by atoms with Gasteiger partial charge in [0.15, 0.2) is 0 Å². The molecule has 0 radical (unpaired) electrons. The summed E-state index contributed by atoms with van der Waals surface area (Å²) in [6, 6.07) is 11.7. The molecule has 202 valence electrons. The van der Waals surface area contributed by atoms with Crippen molar-refractivity contribution in [2.75, 3.05) is 78.8 Å². The van der Waals surface area contributed by atoms with Crippen LogP contribution in [0.15, 0.2) is 48.5 Å². The molecule has 2 saturated heterocycles. The van der Waals surface area contributed by atoms with Gasteiger partial charge in [-0.15, -0.1) is 0 Å². The number of hydrogen-bond donors (Lipinski definition) is 1. The minimum absolute atomic E-state index is 0.0468. The highest BCUT2D eigenvalue weighted by Gasteiger charge is 2.28. The predicted molar refractivity (Wildman–Crippen MR) is 134 cm³/mol. The maximum atomic E-state index is 14.4. The summed E-state index contributed by atoms with van der Waals surface area (Å²) in [5.41, 5.74) is 0.0468. The highest BCUT2D eigenvalue weighted by atomic mass is 19.1. The minimum atomic E-state index is -0.749. The molecule has 8 nitrogen and oxygen atoms in total. The molecule has 1 amide bonds. The van der Waals surface area contributed by atoms with Gasteiger partial charge in [-0.05, 0) is 36.4 Å². The fourth-order valence-corrected chi connectivity index (χ4v) is 4.54. The predicted octanol–water partition coefficient (Wildman–Crippen LogP) is 1.88. The van der Waals surface area contributed by atoms with Crippen molar-refractivity contribution in [2.45, 2.75) is 12.2 Å². The topological polar surface area (TPSA) is 74.7 Å². The van der Waals surface area contributed by atoms with E-state index in [2.05, 4.69) is 9.80 Å². The Kier molecular flexibility index (Phi) is 10.2. The molecule has 2 unspecified atom stereocenters. The highest BCUT2D eigenvalue weighted by Crippen LogP contribution is 2.15. The van der Waals surface area contributed by atoms with Crippen molar-refractivity contribution in [2.24, 2.45) is 0 Å². The van der Waals surface area contributed by atoms with Crippen LogP contribution in [-0.4, -0.2) is 117 Å². The summed E-state index contributed by atoms with van der Waals surface area (Å²) in [5, 5.41) is 10.5. The molecule has 0 bridgehead atoms. The zero-order chi connectivity index (χ0) is 26.0. The molecular weight excluding hydrogens is 484 g/mol. The number of ether oxygens (including phenoxy) is 3. The van der Waals surface area contributed by atoms with Gasteiger partial charge in [0, 0.05) is 52.4 Å². The molecule has 0 aliphatic carbocycles. The largest absolute Gasteiger partial charge is 0.491 e. The average molecular weight is 520 g/mol. The Morgan fingerprint density at radius 3 is 2.54 bits per heavy atom. The van der Waals surface area contributed by atoms with Crippen molar-refractivity contribution < 1.29 is 32.9 Å². The van der Waals surface area contributed by atoms with Crippen molar-refractivity contribution in [3.8, 4) is 5.75 Å². The summed E-state index contributed by atoms with van der Waals surface area (Å²) >= 11 is 0. The molecule has 4 rings (SSSR count). The van der Waals surface area contributed by atoms with Crippen LogP contribution in [0.25, 0.3) is 0 Å². The number of benzene rings is 2. The van der Waals surface area contributed by atoms with Crippen LogP contribution in [0, 0.1) is 11.6 Å². The van der Waals surface area contributed by atoms with Crippen LogP contribution in [0.5, 0.6) is 5.75 Å². The van der Waals surface area contributed by atoms with Crippen LogP contribution in [0.2, 0.25) is 0 Å². The molecule has 2 aromatic rings. The normalized spacial score (nSPS) is 19.9. The lowest BCUT2D eigenvalue weighted by molar-refractivity contribution is -0.0545. The molecule has 1 N–H and O–H groups in total. The Hall–Kier alpha value is -2.63. The second kappa shape index (κ2) is 13.8. The molecule has 2 aliphatic rings. The number of amides is 1. The Morgan fingerprint density at radius 1 is 1.05 bits per heavy atom. The fraction of sp³-hybridized carbons (Fsp3) is 0.519. The lowest BCUT2D eigenvalue weighted by Gasteiger charge is -2.37. The number of carbonyl (C=O) groups is 1. The van der Waals surface area contributed by atoms with Gasteiger partial charge >= 0.3 is 0 Å². The maximum absolute atomic E-state index is 14.4. The van der Waals surface area contributed by atoms with Gasteiger partial charge < -0.3 is 24.2 Å². The summed E-state index contributed by atoms with van der Waals surface area (Å²) in [6.07, 6.45) is -1.03. The second-order valence-corrected chi connectivity index (χ2v) is 9.36. The number of rotatable bonds is 11. The Balaban J connectivity index is 1.32. The molecular formula is C27H35F2N3O5. The van der Waals surface area contributed by atoms with E-state index in [4.69, 9.17) is 14.2 Å². The third-order valence-corrected chi connectivity index (χ3v) is 6.55. The number of morpholine rings is 2. The zero-order valence-corrected chi connectivity index (χ0v) is 20.9. The third-order valence-electron chi connectivity index (χ3n) is 6.55. The molecule has 2 aromatic carbocycles. The average Bonchev–Trinajstić information content (AvgIpc) is 2.91. The van der Waals surface area contributed by atoms with Crippen molar-refractivity contribution in [1.82, 2.24) is 14.7 Å². The lowest BCUT2D eigenvalue weighted by atomic mass is 10.1. The first-order valence-corrected chi connectivity index (χ1v) is 12.7. The number of nitrogens with zero attached hydrogens (tertiary/aromatic N) is 3. The van der Waals surface area contributed by atoms with Crippen LogP contribution in [0.4, 0.5) is 8.78 Å². The van der Waals surface area contributed by atoms with Gasteiger partial charge in [0.1, 0.15) is 30.1 Å². The number of carbonyl (C=O) groups excluding carboxylic acids is 1. The third kappa shape index (κ3) is 8.44. The van der Waals surface area contributed by atoms with E-state index < -0.39 is 11.9 Å². The van der Waals surface area contributed by atoms with Crippen LogP contribution in [0.1, 0.15) is 10.4 Å². The van der Waals surface area contributed by atoms with Gasteiger partial charge in [0.2, 0.25) is 0 Å². The van der Waals surface area contributed by atoms with Gasteiger partial charge in [0.25, 0.3) is 5.91 Å². The smallest absolute Gasteiger partial charge is 0.256 e. The molecule has 0 spiro atoms. The van der Waals surface area contributed by atoms with E-state index in [9.17, 15) is 18.7 Å². The summed E-state index contributed by atoms with van der Waals surface area (Å²) < 4.78 is 44.4. The Labute approximate surface area is 216 Å². The second-order valence-electron chi connectivity index (χ2n) is 9.36. The van der Waals surface area contributed by atoms with Gasteiger partial charge in [-0.2, -0.15) is 0 Å². The zero-order valence-electron chi connectivity index (χ0n) is 20.9. The van der Waals surface area contributed by atoms with Gasteiger partial charge in [-0.25, -0.2) is 8.78 Å². The maximum Gasteiger partial charge on any atom is 0.256 e. The summed E-state index contributed by atoms with van der Waals surface area (Å²) in [7, 11) is 0. The van der Waals surface area contributed by atoms with Crippen molar-refractivity contribution in [3.05, 3.63) is 65.7 Å². The summed E-state index contributed by atoms with van der Waals surface area (Å²) in [4.78, 5) is 19.3. The number of β-amino-alcohol motifs (C(OH)–C–C–N with tert-alkyl or cyclic N) is 1. The Morgan fingerprint density at radius 2 is 1.78 bits per heavy atom. The monoisotopic (exact) mass is 519 g/mol. The first-order chi connectivity index (χ1) is 18.0. The first-order valence-electron chi connectivity index (χ1n) is 12.7. The van der Waals surface area contributed by atoms with Crippen LogP contribution in [0.3, 0.4) is 0 Å². The van der Waals surface area contributed by atoms with E-state index in [1.807, 2.05) is 0 Å². The van der Waals surface area contributed by atoms with Crippen LogP contribution in [-0.2, 0) is 9.47 Å². The molecule has 2 atom stereocenters. The van der Waals surface area contributed by atoms with E-state index in [0.717, 1.165) is 13.1 Å². The van der Waals surface area contributed by atoms with Crippen LogP contribution < -0.4 is 4.74 Å². The van der Waals surface area contributed by atoms with Gasteiger partial charge in [-0.1, -0.05) is 12.1 Å². The summed E-state index contributed by atoms with van der Waals surface area (Å²) in [6.45, 7) is 6.41. The quantitative estimate of drug-likeness (QED) is 0.486. The Bertz CT molecular complexity index is 990. The highest BCUT2D eigenvalue weighted by molar-refractivity contribution is 5.94. The molecule has 2 aliphatic heterocycles. The number of hydrogen-bond acceptors (Lipinski definition) is 7. The number of aliphatic hydroxyl groups excluding tert-OH is 1. The molecule has 0 aromatic heterocycles. The van der Waals surface area contributed by atoms with Gasteiger partial charge in [-0.3, -0.25) is 14.6 Å². The SMILES string of the molecule is O=C(c1ccccc1F)N(CCN1CCOCC1)CC1CN(CC(O)COc2ccc(F)cc2)CCO1. The number of aliphatic hydroxyl groups is 1. The molecule has 0 saturated carbocycles. The first kappa shape index (κ1) is 27.4. The molecule has 37 heavy (non-hydrogen) atoms. The van der Waals surface area contributed by atoms with Gasteiger partial charge in [0.05, 0.1) is 31.5 Å². The van der Waals surface area contributed by atoms with E-state index in [1.54, 1.807) is 17.0 Å². The van der Waals surface area contributed by atoms with E-state index in [-0.39, 0.29) is 30.0 Å². The fourth-order valence-electron chi connectivity index (χ4n) is 4.54. The van der Waals surface area contributed by atoms with E-state index in [1.165, 1.54) is 36.4 Å². The van der Waals surface area contributed by atoms with Crippen LogP contribution >= 0.6 is 0 Å². The van der Waals surface area contributed by atoms with E-state index >= 15 is 0 Å².